The van der Waals surface area contributed by atoms with Crippen LogP contribution in [0, 0.1) is 0 Å². The number of rotatable bonds is 9. The highest BCUT2D eigenvalue weighted by atomic mass is 35.5. The number of aromatic amines is 1. The molecule has 0 spiro atoms. The first-order chi connectivity index (χ1) is 15.2. The SMILES string of the molecule is CCOc1cc(C(=O)NC(C)CC(O)(C(=O)O)c2ccc(-c3ccccc3Cl)cc2)n[nH]1. The van der Waals surface area contributed by atoms with Gasteiger partial charge in [0.05, 0.1) is 6.61 Å². The lowest BCUT2D eigenvalue weighted by atomic mass is 9.86. The van der Waals surface area contributed by atoms with Crippen LogP contribution in [-0.4, -0.2) is 44.9 Å². The van der Waals surface area contributed by atoms with Crippen molar-refractivity contribution in [2.24, 2.45) is 0 Å². The molecule has 0 aliphatic rings. The number of aliphatic hydroxyl groups is 1. The zero-order valence-corrected chi connectivity index (χ0v) is 18.4. The van der Waals surface area contributed by atoms with Crippen LogP contribution in [0.15, 0.2) is 54.6 Å². The number of carbonyl (C=O) groups excluding carboxylic acids is 1. The minimum absolute atomic E-state index is 0.100. The van der Waals surface area contributed by atoms with E-state index in [0.717, 1.165) is 11.1 Å². The molecule has 1 aromatic heterocycles. The van der Waals surface area contributed by atoms with Crippen molar-refractivity contribution in [1.82, 2.24) is 15.5 Å². The lowest BCUT2D eigenvalue weighted by Crippen LogP contribution is -2.44. The Morgan fingerprint density at radius 3 is 2.53 bits per heavy atom. The number of hydrogen-bond donors (Lipinski definition) is 4. The highest BCUT2D eigenvalue weighted by molar-refractivity contribution is 6.33. The quantitative estimate of drug-likeness (QED) is 0.389. The van der Waals surface area contributed by atoms with E-state index in [2.05, 4.69) is 15.5 Å². The van der Waals surface area contributed by atoms with Crippen LogP contribution >= 0.6 is 11.6 Å². The summed E-state index contributed by atoms with van der Waals surface area (Å²) in [4.78, 5) is 24.4. The van der Waals surface area contributed by atoms with Crippen molar-refractivity contribution in [3.05, 3.63) is 70.9 Å². The average molecular weight is 458 g/mol. The van der Waals surface area contributed by atoms with Crippen LogP contribution in [-0.2, 0) is 10.4 Å². The molecule has 2 atom stereocenters. The van der Waals surface area contributed by atoms with Crippen molar-refractivity contribution >= 4 is 23.5 Å². The van der Waals surface area contributed by atoms with Crippen LogP contribution in [0.1, 0.15) is 36.3 Å². The highest BCUT2D eigenvalue weighted by Crippen LogP contribution is 2.32. The van der Waals surface area contributed by atoms with Gasteiger partial charge in [0.25, 0.3) is 5.91 Å². The molecule has 2 aromatic carbocycles. The summed E-state index contributed by atoms with van der Waals surface area (Å²) >= 11 is 6.23. The Morgan fingerprint density at radius 1 is 1.22 bits per heavy atom. The van der Waals surface area contributed by atoms with Crippen molar-refractivity contribution in [1.29, 1.82) is 0 Å². The number of halogens is 1. The molecule has 0 saturated carbocycles. The zero-order chi connectivity index (χ0) is 23.3. The van der Waals surface area contributed by atoms with Gasteiger partial charge in [0.15, 0.2) is 11.3 Å². The van der Waals surface area contributed by atoms with Gasteiger partial charge in [-0.2, -0.15) is 5.10 Å². The van der Waals surface area contributed by atoms with E-state index in [4.69, 9.17) is 16.3 Å². The summed E-state index contributed by atoms with van der Waals surface area (Å²) in [5.74, 6) is -1.57. The molecule has 9 heteroatoms. The third kappa shape index (κ3) is 5.09. The van der Waals surface area contributed by atoms with E-state index in [1.54, 1.807) is 44.2 Å². The van der Waals surface area contributed by atoms with Gasteiger partial charge in [-0.15, -0.1) is 0 Å². The highest BCUT2D eigenvalue weighted by Gasteiger charge is 2.40. The Balaban J connectivity index is 1.75. The van der Waals surface area contributed by atoms with Crippen LogP contribution < -0.4 is 10.1 Å². The number of nitrogens with zero attached hydrogens (tertiary/aromatic N) is 1. The molecule has 168 valence electrons. The molecule has 32 heavy (non-hydrogen) atoms. The van der Waals surface area contributed by atoms with Gasteiger partial charge < -0.3 is 20.3 Å². The minimum atomic E-state index is -2.20. The second-order valence-corrected chi connectivity index (χ2v) is 7.76. The number of ether oxygens (including phenoxy) is 1. The summed E-state index contributed by atoms with van der Waals surface area (Å²) in [6, 6.07) is 14.6. The molecule has 0 bridgehead atoms. The van der Waals surface area contributed by atoms with E-state index >= 15 is 0 Å². The monoisotopic (exact) mass is 457 g/mol. The first kappa shape index (κ1) is 23.3. The number of carboxylic acids is 1. The maximum atomic E-state index is 12.4. The van der Waals surface area contributed by atoms with Crippen LogP contribution in [0.4, 0.5) is 0 Å². The van der Waals surface area contributed by atoms with E-state index in [1.165, 1.54) is 6.07 Å². The van der Waals surface area contributed by atoms with Gasteiger partial charge in [-0.1, -0.05) is 54.1 Å². The van der Waals surface area contributed by atoms with E-state index < -0.39 is 23.5 Å². The summed E-state index contributed by atoms with van der Waals surface area (Å²) in [7, 11) is 0. The van der Waals surface area contributed by atoms with Crippen molar-refractivity contribution in [2.75, 3.05) is 6.61 Å². The Labute approximate surface area is 190 Å². The largest absolute Gasteiger partial charge is 0.479 e. The second-order valence-electron chi connectivity index (χ2n) is 7.35. The van der Waals surface area contributed by atoms with Crippen molar-refractivity contribution < 1.29 is 24.5 Å². The molecule has 0 aliphatic heterocycles. The lowest BCUT2D eigenvalue weighted by molar-refractivity contribution is -0.161. The summed E-state index contributed by atoms with van der Waals surface area (Å²) in [5, 5.41) is 30.4. The smallest absolute Gasteiger partial charge is 0.340 e. The predicted octanol–water partition coefficient (Wildman–Crippen LogP) is 3.61. The maximum absolute atomic E-state index is 12.4. The molecule has 0 fully saturated rings. The third-order valence-electron chi connectivity index (χ3n) is 4.97. The second kappa shape index (κ2) is 9.84. The Bertz CT molecular complexity index is 1100. The predicted molar refractivity (Wildman–Crippen MR) is 120 cm³/mol. The number of aromatic nitrogens is 2. The fourth-order valence-corrected chi connectivity index (χ4v) is 3.64. The number of H-pyrrole nitrogens is 1. The summed E-state index contributed by atoms with van der Waals surface area (Å²) < 4.78 is 5.24. The summed E-state index contributed by atoms with van der Waals surface area (Å²) in [6.45, 7) is 3.83. The van der Waals surface area contributed by atoms with Gasteiger partial charge in [-0.25, -0.2) is 9.89 Å². The molecule has 3 aromatic rings. The molecule has 3 rings (SSSR count). The first-order valence-corrected chi connectivity index (χ1v) is 10.4. The van der Waals surface area contributed by atoms with Crippen LogP contribution in [0.25, 0.3) is 11.1 Å². The summed E-state index contributed by atoms with van der Waals surface area (Å²) in [6.07, 6.45) is -0.248. The number of amides is 1. The lowest BCUT2D eigenvalue weighted by Gasteiger charge is -2.27. The van der Waals surface area contributed by atoms with Gasteiger partial charge in [0, 0.05) is 29.1 Å². The van der Waals surface area contributed by atoms with E-state index in [0.29, 0.717) is 17.5 Å². The standard InChI is InChI=1S/C23H24ClN3O5/c1-3-32-20-12-19(26-27-20)21(28)25-14(2)13-23(31,22(29)30)16-10-8-15(9-11-16)17-6-4-5-7-18(17)24/h4-12,14,31H,3,13H2,1-2H3,(H,25,28)(H,26,27)(H,29,30). The first-order valence-electron chi connectivity index (χ1n) is 10.0. The molecule has 1 amide bonds. The Kier molecular flexibility index (Phi) is 7.17. The van der Waals surface area contributed by atoms with Gasteiger partial charge in [-0.05, 0) is 31.0 Å². The van der Waals surface area contributed by atoms with Crippen molar-refractivity contribution in [3.63, 3.8) is 0 Å². The maximum Gasteiger partial charge on any atom is 0.340 e. The minimum Gasteiger partial charge on any atom is -0.479 e. The molecule has 0 saturated heterocycles. The number of carboxylic acid groups (broad SMARTS) is 1. The van der Waals surface area contributed by atoms with Gasteiger partial charge in [0.1, 0.15) is 0 Å². The molecular weight excluding hydrogens is 434 g/mol. The van der Waals surface area contributed by atoms with E-state index in [1.807, 2.05) is 18.2 Å². The molecule has 2 unspecified atom stereocenters. The van der Waals surface area contributed by atoms with Crippen LogP contribution in [0.2, 0.25) is 5.02 Å². The molecule has 4 N–H and O–H groups in total. The van der Waals surface area contributed by atoms with Gasteiger partial charge in [-0.3, -0.25) is 4.79 Å². The number of nitrogens with one attached hydrogen (secondary N) is 2. The van der Waals surface area contributed by atoms with Gasteiger partial charge in [0.2, 0.25) is 5.88 Å². The normalized spacial score (nSPS) is 13.8. The number of hydrogen-bond acceptors (Lipinski definition) is 5. The molecule has 1 heterocycles. The molecule has 0 aliphatic carbocycles. The Hall–Kier alpha value is -3.36. The molecule has 8 nitrogen and oxygen atoms in total. The van der Waals surface area contributed by atoms with Crippen LogP contribution in [0.3, 0.4) is 0 Å². The number of benzene rings is 2. The van der Waals surface area contributed by atoms with E-state index in [-0.39, 0.29) is 17.7 Å². The third-order valence-corrected chi connectivity index (χ3v) is 5.30. The van der Waals surface area contributed by atoms with E-state index in [9.17, 15) is 19.8 Å². The number of carbonyl (C=O) groups is 2. The fraction of sp³-hybridized carbons (Fsp3) is 0.261. The van der Waals surface area contributed by atoms with Crippen LogP contribution in [0.5, 0.6) is 5.88 Å². The fourth-order valence-electron chi connectivity index (χ4n) is 3.39. The molecular formula is C23H24ClN3O5. The average Bonchev–Trinajstić information content (AvgIpc) is 3.23. The van der Waals surface area contributed by atoms with Gasteiger partial charge >= 0.3 is 5.97 Å². The summed E-state index contributed by atoms with van der Waals surface area (Å²) in [5.41, 5.74) is -0.320. The molecule has 0 radical (unpaired) electrons. The van der Waals surface area contributed by atoms with Crippen molar-refractivity contribution in [2.45, 2.75) is 31.9 Å². The Morgan fingerprint density at radius 2 is 1.91 bits per heavy atom. The van der Waals surface area contributed by atoms with Crippen molar-refractivity contribution in [3.8, 4) is 17.0 Å². The zero-order valence-electron chi connectivity index (χ0n) is 17.6. The topological polar surface area (TPSA) is 125 Å². The number of aliphatic carboxylic acids is 1.